The van der Waals surface area contributed by atoms with Crippen molar-refractivity contribution in [3.05, 3.63) is 35.0 Å². The molecule has 2 rings (SSSR count). The van der Waals surface area contributed by atoms with E-state index in [-0.39, 0.29) is 0 Å². The first-order valence-corrected chi connectivity index (χ1v) is 6.43. The Bertz CT molecular complexity index is 455. The predicted octanol–water partition coefficient (Wildman–Crippen LogP) is 2.80. The van der Waals surface area contributed by atoms with Gasteiger partial charge in [-0.05, 0) is 6.07 Å². The van der Waals surface area contributed by atoms with Crippen LogP contribution in [-0.2, 0) is 0 Å². The van der Waals surface area contributed by atoms with Gasteiger partial charge in [-0.2, -0.15) is 0 Å². The third-order valence-corrected chi connectivity index (χ3v) is 3.52. The van der Waals surface area contributed by atoms with E-state index in [1.54, 1.807) is 17.5 Å². The van der Waals surface area contributed by atoms with Crippen molar-refractivity contribution in [3.8, 4) is 0 Å². The molecule has 1 atom stereocenters. The zero-order chi connectivity index (χ0) is 12.1. The topological polar surface area (TPSA) is 49.8 Å². The molecule has 2 N–H and O–H groups in total. The summed E-state index contributed by atoms with van der Waals surface area (Å²) in [5.41, 5.74) is 2.04. The SMILES string of the molecule is CNc1cncc(NCC(C)c2nccs2)c1. The molecule has 0 spiro atoms. The molecule has 17 heavy (non-hydrogen) atoms. The third-order valence-electron chi connectivity index (χ3n) is 2.51. The van der Waals surface area contributed by atoms with Gasteiger partial charge in [0.2, 0.25) is 0 Å². The fraction of sp³-hybridized carbons (Fsp3) is 0.333. The Hall–Kier alpha value is -1.62. The predicted molar refractivity (Wildman–Crippen MR) is 72.8 cm³/mol. The number of aromatic nitrogens is 2. The molecule has 2 aromatic heterocycles. The van der Waals surface area contributed by atoms with E-state index in [4.69, 9.17) is 0 Å². The molecule has 4 nitrogen and oxygen atoms in total. The van der Waals surface area contributed by atoms with Crippen molar-refractivity contribution in [1.82, 2.24) is 9.97 Å². The minimum absolute atomic E-state index is 0.410. The molecule has 0 aliphatic heterocycles. The largest absolute Gasteiger partial charge is 0.387 e. The quantitative estimate of drug-likeness (QED) is 0.854. The summed E-state index contributed by atoms with van der Waals surface area (Å²) >= 11 is 1.69. The molecule has 0 saturated carbocycles. The highest BCUT2D eigenvalue weighted by molar-refractivity contribution is 7.09. The summed E-state index contributed by atoms with van der Waals surface area (Å²) in [5, 5.41) is 9.61. The highest BCUT2D eigenvalue weighted by Crippen LogP contribution is 2.19. The monoisotopic (exact) mass is 248 g/mol. The van der Waals surface area contributed by atoms with Crippen molar-refractivity contribution in [2.24, 2.45) is 0 Å². The van der Waals surface area contributed by atoms with Crippen molar-refractivity contribution < 1.29 is 0 Å². The zero-order valence-corrected chi connectivity index (χ0v) is 10.8. The maximum Gasteiger partial charge on any atom is 0.0970 e. The van der Waals surface area contributed by atoms with Crippen LogP contribution in [0, 0.1) is 0 Å². The van der Waals surface area contributed by atoms with E-state index in [0.29, 0.717) is 5.92 Å². The molecule has 0 fully saturated rings. The smallest absolute Gasteiger partial charge is 0.0970 e. The molecular weight excluding hydrogens is 232 g/mol. The molecule has 0 bridgehead atoms. The van der Waals surface area contributed by atoms with E-state index < -0.39 is 0 Å². The van der Waals surface area contributed by atoms with Crippen molar-refractivity contribution >= 4 is 22.7 Å². The average molecular weight is 248 g/mol. The fourth-order valence-electron chi connectivity index (χ4n) is 1.51. The van der Waals surface area contributed by atoms with Crippen LogP contribution in [0.4, 0.5) is 11.4 Å². The number of rotatable bonds is 5. The van der Waals surface area contributed by atoms with Crippen molar-refractivity contribution in [1.29, 1.82) is 0 Å². The molecule has 0 aliphatic carbocycles. The van der Waals surface area contributed by atoms with Gasteiger partial charge in [-0.1, -0.05) is 6.92 Å². The van der Waals surface area contributed by atoms with Crippen LogP contribution in [0.2, 0.25) is 0 Å². The Morgan fingerprint density at radius 1 is 1.35 bits per heavy atom. The molecule has 5 heteroatoms. The standard InChI is InChI=1S/C12H16N4S/c1-9(12-15-3-4-17-12)6-16-11-5-10(13-2)7-14-8-11/h3-5,7-9,13,16H,6H2,1-2H3. The summed E-state index contributed by atoms with van der Waals surface area (Å²) in [4.78, 5) is 8.47. The number of pyridine rings is 1. The van der Waals surface area contributed by atoms with E-state index in [0.717, 1.165) is 22.9 Å². The van der Waals surface area contributed by atoms with Crippen LogP contribution in [0.3, 0.4) is 0 Å². The lowest BCUT2D eigenvalue weighted by Crippen LogP contribution is -2.09. The molecule has 2 aromatic rings. The zero-order valence-electron chi connectivity index (χ0n) is 9.97. The van der Waals surface area contributed by atoms with Gasteiger partial charge in [0.05, 0.1) is 28.8 Å². The van der Waals surface area contributed by atoms with Gasteiger partial charge in [0.25, 0.3) is 0 Å². The van der Waals surface area contributed by atoms with Gasteiger partial charge in [0.1, 0.15) is 0 Å². The highest BCUT2D eigenvalue weighted by atomic mass is 32.1. The molecule has 1 unspecified atom stereocenters. The van der Waals surface area contributed by atoms with Gasteiger partial charge in [0, 0.05) is 31.1 Å². The number of anilines is 2. The third kappa shape index (κ3) is 3.17. The molecule has 0 aliphatic rings. The van der Waals surface area contributed by atoms with Gasteiger partial charge in [0.15, 0.2) is 0 Å². The van der Waals surface area contributed by atoms with Crippen molar-refractivity contribution in [3.63, 3.8) is 0 Å². The summed E-state index contributed by atoms with van der Waals surface area (Å²) in [6, 6.07) is 2.04. The van der Waals surface area contributed by atoms with E-state index in [9.17, 15) is 0 Å². The van der Waals surface area contributed by atoms with Gasteiger partial charge in [-0.3, -0.25) is 4.98 Å². The van der Waals surface area contributed by atoms with E-state index in [2.05, 4.69) is 27.5 Å². The second kappa shape index (κ2) is 5.63. The first-order chi connectivity index (χ1) is 8.29. The normalized spacial score (nSPS) is 12.1. The summed E-state index contributed by atoms with van der Waals surface area (Å²) in [6.45, 7) is 3.03. The Balaban J connectivity index is 1.93. The summed E-state index contributed by atoms with van der Waals surface area (Å²) < 4.78 is 0. The Morgan fingerprint density at radius 2 is 2.18 bits per heavy atom. The summed E-state index contributed by atoms with van der Waals surface area (Å²) in [7, 11) is 1.89. The second-order valence-corrected chi connectivity index (χ2v) is 4.79. The maximum absolute atomic E-state index is 4.31. The lowest BCUT2D eigenvalue weighted by Gasteiger charge is -2.11. The van der Waals surface area contributed by atoms with Gasteiger partial charge < -0.3 is 10.6 Å². The Kier molecular flexibility index (Phi) is 3.93. The number of nitrogens with zero attached hydrogens (tertiary/aromatic N) is 2. The molecule has 90 valence electrons. The molecule has 0 radical (unpaired) electrons. The minimum Gasteiger partial charge on any atom is -0.387 e. The average Bonchev–Trinajstić information content (AvgIpc) is 2.90. The number of thiazole rings is 1. The van der Waals surface area contributed by atoms with Crippen LogP contribution in [0.1, 0.15) is 17.8 Å². The van der Waals surface area contributed by atoms with Gasteiger partial charge in [-0.15, -0.1) is 11.3 Å². The summed E-state index contributed by atoms with van der Waals surface area (Å²) in [5.74, 6) is 0.410. The molecular formula is C12H16N4S. The van der Waals surface area contributed by atoms with Crippen LogP contribution in [-0.4, -0.2) is 23.6 Å². The molecule has 2 heterocycles. The number of nitrogens with one attached hydrogen (secondary N) is 2. The van der Waals surface area contributed by atoms with Gasteiger partial charge in [-0.25, -0.2) is 4.98 Å². The minimum atomic E-state index is 0.410. The Labute approximate surface area is 105 Å². The fourth-order valence-corrected chi connectivity index (χ4v) is 2.21. The lowest BCUT2D eigenvalue weighted by molar-refractivity contribution is 0.794. The van der Waals surface area contributed by atoms with Crippen molar-refractivity contribution in [2.45, 2.75) is 12.8 Å². The van der Waals surface area contributed by atoms with Crippen LogP contribution in [0.5, 0.6) is 0 Å². The molecule has 0 aromatic carbocycles. The van der Waals surface area contributed by atoms with E-state index >= 15 is 0 Å². The number of hydrogen-bond donors (Lipinski definition) is 2. The highest BCUT2D eigenvalue weighted by Gasteiger charge is 2.07. The molecule has 0 amide bonds. The Morgan fingerprint density at radius 3 is 2.88 bits per heavy atom. The van der Waals surface area contributed by atoms with Crippen LogP contribution >= 0.6 is 11.3 Å². The number of hydrogen-bond acceptors (Lipinski definition) is 5. The van der Waals surface area contributed by atoms with Crippen LogP contribution in [0.15, 0.2) is 30.0 Å². The lowest BCUT2D eigenvalue weighted by atomic mass is 10.2. The molecule has 0 saturated heterocycles. The second-order valence-electron chi connectivity index (χ2n) is 3.86. The van der Waals surface area contributed by atoms with Crippen LogP contribution < -0.4 is 10.6 Å². The first-order valence-electron chi connectivity index (χ1n) is 5.55. The first kappa shape index (κ1) is 11.9. The van der Waals surface area contributed by atoms with Crippen molar-refractivity contribution in [2.75, 3.05) is 24.2 Å². The van der Waals surface area contributed by atoms with E-state index in [1.165, 1.54) is 0 Å². The van der Waals surface area contributed by atoms with Crippen LogP contribution in [0.25, 0.3) is 0 Å². The maximum atomic E-state index is 4.31. The van der Waals surface area contributed by atoms with Gasteiger partial charge >= 0.3 is 0 Å². The summed E-state index contributed by atoms with van der Waals surface area (Å²) in [6.07, 6.45) is 5.48. The van der Waals surface area contributed by atoms with E-state index in [1.807, 2.05) is 30.9 Å².